The van der Waals surface area contributed by atoms with E-state index in [4.69, 9.17) is 46.3 Å². The van der Waals surface area contributed by atoms with Crippen molar-refractivity contribution in [2.75, 3.05) is 0 Å². The van der Waals surface area contributed by atoms with Crippen molar-refractivity contribution in [3.05, 3.63) is 116 Å². The number of carbonyl (C=O) groups excluding carboxylic acids is 2. The Balaban J connectivity index is 0.000000175. The zero-order chi connectivity index (χ0) is 32.0. The Morgan fingerprint density at radius 3 is 1.89 bits per heavy atom. The number of nitrogens with zero attached hydrogens (tertiary/aromatic N) is 1. The molecule has 0 saturated carbocycles. The number of primary amides is 2. The van der Waals surface area contributed by atoms with Crippen molar-refractivity contribution in [3.8, 4) is 22.3 Å². The second-order valence-electron chi connectivity index (χ2n) is 10.2. The van der Waals surface area contributed by atoms with Crippen molar-refractivity contribution >= 4 is 68.4 Å². The summed E-state index contributed by atoms with van der Waals surface area (Å²) >= 11 is 18.3. The van der Waals surface area contributed by atoms with E-state index in [0.29, 0.717) is 48.4 Å². The first kappa shape index (κ1) is 31.1. The Hall–Kier alpha value is -4.37. The van der Waals surface area contributed by atoms with Crippen molar-refractivity contribution in [2.45, 2.75) is 13.8 Å². The summed E-state index contributed by atoms with van der Waals surface area (Å²) < 4.78 is 28.4. The van der Waals surface area contributed by atoms with Gasteiger partial charge in [-0.1, -0.05) is 53.0 Å². The van der Waals surface area contributed by atoms with E-state index >= 15 is 0 Å². The van der Waals surface area contributed by atoms with Gasteiger partial charge in [0, 0.05) is 44.0 Å². The second-order valence-corrected chi connectivity index (χ2v) is 11.6. The highest BCUT2D eigenvalue weighted by Gasteiger charge is 2.20. The molecular formula is C33H25Cl3F2N4O2. The summed E-state index contributed by atoms with van der Waals surface area (Å²) in [6.07, 6.45) is 0. The number of aromatic nitrogens is 2. The van der Waals surface area contributed by atoms with Crippen LogP contribution in [-0.2, 0) is 7.05 Å². The van der Waals surface area contributed by atoms with Gasteiger partial charge in [-0.25, -0.2) is 8.78 Å². The Morgan fingerprint density at radius 2 is 1.30 bits per heavy atom. The van der Waals surface area contributed by atoms with Crippen LogP contribution in [0, 0.1) is 25.5 Å². The van der Waals surface area contributed by atoms with E-state index in [1.54, 1.807) is 19.1 Å². The number of hydrogen-bond acceptors (Lipinski definition) is 2. The number of hydrogen-bond donors (Lipinski definition) is 3. The van der Waals surface area contributed by atoms with E-state index < -0.39 is 23.4 Å². The molecule has 0 fully saturated rings. The molecule has 44 heavy (non-hydrogen) atoms. The smallest absolute Gasteiger partial charge is 0.265 e. The van der Waals surface area contributed by atoms with Crippen LogP contribution in [0.4, 0.5) is 8.78 Å². The molecule has 6 rings (SSSR count). The Bertz CT molecular complexity index is 2120. The lowest BCUT2D eigenvalue weighted by atomic mass is 10.0. The molecule has 6 aromatic rings. The van der Waals surface area contributed by atoms with E-state index in [-0.39, 0.29) is 5.69 Å². The van der Waals surface area contributed by atoms with Crippen LogP contribution < -0.4 is 11.5 Å². The van der Waals surface area contributed by atoms with Gasteiger partial charge >= 0.3 is 0 Å². The number of aryl methyl sites for hydroxylation is 3. The summed E-state index contributed by atoms with van der Waals surface area (Å²) in [5.41, 5.74) is 17.6. The Labute approximate surface area is 266 Å². The number of carbonyl (C=O) groups is 2. The maximum atomic E-state index is 13.5. The Morgan fingerprint density at radius 1 is 0.705 bits per heavy atom. The molecule has 11 heteroatoms. The van der Waals surface area contributed by atoms with Crippen molar-refractivity contribution in [2.24, 2.45) is 18.5 Å². The maximum absolute atomic E-state index is 13.5. The van der Waals surface area contributed by atoms with Crippen LogP contribution in [0.2, 0.25) is 15.1 Å². The van der Waals surface area contributed by atoms with Crippen LogP contribution in [0.5, 0.6) is 0 Å². The van der Waals surface area contributed by atoms with Gasteiger partial charge in [-0.05, 0) is 84.6 Å². The summed E-state index contributed by atoms with van der Waals surface area (Å²) in [6, 6.07) is 18.2. The number of aromatic amines is 1. The van der Waals surface area contributed by atoms with Crippen molar-refractivity contribution in [3.63, 3.8) is 0 Å². The maximum Gasteiger partial charge on any atom is 0.265 e. The van der Waals surface area contributed by atoms with Gasteiger partial charge in [0.25, 0.3) is 11.8 Å². The summed E-state index contributed by atoms with van der Waals surface area (Å²) in [5, 5.41) is 3.34. The van der Waals surface area contributed by atoms with E-state index in [9.17, 15) is 18.4 Å². The molecule has 0 aliphatic rings. The first-order valence-corrected chi connectivity index (χ1v) is 14.3. The monoisotopic (exact) mass is 652 g/mol. The highest BCUT2D eigenvalue weighted by Crippen LogP contribution is 2.37. The minimum atomic E-state index is -0.955. The summed E-state index contributed by atoms with van der Waals surface area (Å²) in [6.45, 7) is 3.62. The molecule has 0 radical (unpaired) electrons. The summed E-state index contributed by atoms with van der Waals surface area (Å²) in [7, 11) is 1.84. The largest absolute Gasteiger partial charge is 0.364 e. The molecule has 0 bridgehead atoms. The lowest BCUT2D eigenvalue weighted by molar-refractivity contribution is 0.0985. The summed E-state index contributed by atoms with van der Waals surface area (Å²) in [5.74, 6) is -2.93. The molecule has 0 aliphatic carbocycles. The van der Waals surface area contributed by atoms with E-state index in [1.165, 1.54) is 6.07 Å². The number of rotatable bonds is 4. The van der Waals surface area contributed by atoms with Gasteiger partial charge in [-0.3, -0.25) is 9.59 Å². The third kappa shape index (κ3) is 5.64. The average Bonchev–Trinajstić information content (AvgIpc) is 3.43. The lowest BCUT2D eigenvalue weighted by Crippen LogP contribution is -2.16. The predicted molar refractivity (Wildman–Crippen MR) is 174 cm³/mol. The van der Waals surface area contributed by atoms with Crippen LogP contribution in [0.25, 0.3) is 44.1 Å². The third-order valence-corrected chi connectivity index (χ3v) is 8.19. The number of nitrogens with one attached hydrogen (secondary N) is 1. The molecule has 2 aromatic heterocycles. The number of amides is 2. The minimum Gasteiger partial charge on any atom is -0.364 e. The van der Waals surface area contributed by atoms with Crippen LogP contribution in [-0.4, -0.2) is 21.4 Å². The fraction of sp³-hybridized carbons (Fsp3) is 0.0909. The predicted octanol–water partition coefficient (Wildman–Crippen LogP) is 8.73. The molecule has 2 amide bonds. The first-order chi connectivity index (χ1) is 20.8. The zero-order valence-electron chi connectivity index (χ0n) is 23.7. The molecule has 0 spiro atoms. The number of fused-ring (bicyclic) bond motifs is 2. The molecule has 0 aliphatic heterocycles. The van der Waals surface area contributed by atoms with Gasteiger partial charge in [0.2, 0.25) is 0 Å². The topological polar surface area (TPSA) is 107 Å². The van der Waals surface area contributed by atoms with Gasteiger partial charge in [0.05, 0.1) is 11.0 Å². The number of halogens is 5. The van der Waals surface area contributed by atoms with Gasteiger partial charge in [-0.15, -0.1) is 0 Å². The van der Waals surface area contributed by atoms with Crippen LogP contribution in [0.3, 0.4) is 0 Å². The normalized spacial score (nSPS) is 11.1. The molecule has 0 saturated heterocycles. The number of H-pyrrole nitrogens is 1. The molecule has 224 valence electrons. The highest BCUT2D eigenvalue weighted by molar-refractivity contribution is 6.33. The third-order valence-electron chi connectivity index (χ3n) is 7.50. The van der Waals surface area contributed by atoms with E-state index in [1.807, 2.05) is 54.9 Å². The Kier molecular flexibility index (Phi) is 8.44. The molecule has 0 unspecified atom stereocenters. The zero-order valence-corrected chi connectivity index (χ0v) is 25.9. The molecule has 5 N–H and O–H groups in total. The average molecular weight is 654 g/mol. The van der Waals surface area contributed by atoms with Gasteiger partial charge in [0.15, 0.2) is 11.6 Å². The first-order valence-electron chi connectivity index (χ1n) is 13.2. The molecule has 4 aromatic carbocycles. The standard InChI is InChI=1S/C17H14Cl2N2O.C16H11ClF2N2O/c1-9-13-7-12(19)8-14(10-3-5-11(18)6-4-10)16(13)21(2)15(9)17(20)22;1-7-10-5-9(17)6-11(15(10)21-14(7)16(20)22)8-2-3-12(18)13(19)4-8/h3-8H,1-2H3,(H2,20,22);2-6,21H,1H3,(H2,20,22). The molecular weight excluding hydrogens is 629 g/mol. The van der Waals surface area contributed by atoms with Gasteiger partial charge in [-0.2, -0.15) is 0 Å². The van der Waals surface area contributed by atoms with Crippen molar-refractivity contribution in [1.82, 2.24) is 9.55 Å². The molecule has 0 atom stereocenters. The fourth-order valence-corrected chi connectivity index (χ4v) is 6.03. The highest BCUT2D eigenvalue weighted by atomic mass is 35.5. The lowest BCUT2D eigenvalue weighted by Gasteiger charge is -2.09. The number of benzene rings is 4. The molecule has 2 heterocycles. The minimum absolute atomic E-state index is 0.265. The van der Waals surface area contributed by atoms with Crippen molar-refractivity contribution in [1.29, 1.82) is 0 Å². The quantitative estimate of drug-likeness (QED) is 0.177. The van der Waals surface area contributed by atoms with Crippen LogP contribution in [0.15, 0.2) is 66.7 Å². The SMILES string of the molecule is Cc1c(C(N)=O)[nH]c2c(-c3ccc(F)c(F)c3)cc(Cl)cc12.Cc1c(C(N)=O)n(C)c2c(-c3ccc(Cl)cc3)cc(Cl)cc12. The van der Waals surface area contributed by atoms with Gasteiger partial charge < -0.3 is 21.0 Å². The molecule has 6 nitrogen and oxygen atoms in total. The van der Waals surface area contributed by atoms with Gasteiger partial charge in [0.1, 0.15) is 11.4 Å². The van der Waals surface area contributed by atoms with Crippen molar-refractivity contribution < 1.29 is 18.4 Å². The van der Waals surface area contributed by atoms with E-state index in [0.717, 1.165) is 39.7 Å². The fourth-order valence-electron chi connectivity index (χ4n) is 5.47. The number of nitrogens with two attached hydrogens (primary N) is 2. The van der Waals surface area contributed by atoms with Crippen LogP contribution in [0.1, 0.15) is 32.1 Å². The van der Waals surface area contributed by atoms with E-state index in [2.05, 4.69) is 4.98 Å². The second kappa shape index (κ2) is 12.0. The summed E-state index contributed by atoms with van der Waals surface area (Å²) in [4.78, 5) is 26.2. The van der Waals surface area contributed by atoms with Crippen LogP contribution >= 0.6 is 34.8 Å².